The summed E-state index contributed by atoms with van der Waals surface area (Å²) in [6, 6.07) is 7.11. The Labute approximate surface area is 122 Å². The molecule has 0 saturated heterocycles. The number of hydrogen-bond donors (Lipinski definition) is 0. The SMILES string of the molecule is FC(F)(F)c1cn(Cc2ccc3ncc(Cl)cc3c2)nn1. The zero-order chi connectivity index (χ0) is 15.0. The molecule has 4 nitrogen and oxygen atoms in total. The fourth-order valence-corrected chi connectivity index (χ4v) is 2.11. The van der Waals surface area contributed by atoms with Gasteiger partial charge >= 0.3 is 6.18 Å². The van der Waals surface area contributed by atoms with Gasteiger partial charge in [0.2, 0.25) is 0 Å². The summed E-state index contributed by atoms with van der Waals surface area (Å²) in [5.74, 6) is 0. The van der Waals surface area contributed by atoms with Gasteiger partial charge in [0, 0.05) is 11.6 Å². The van der Waals surface area contributed by atoms with Crippen molar-refractivity contribution in [2.45, 2.75) is 12.7 Å². The Hall–Kier alpha value is -2.15. The van der Waals surface area contributed by atoms with E-state index in [1.54, 1.807) is 18.2 Å². The van der Waals surface area contributed by atoms with Gasteiger partial charge in [0.15, 0.2) is 5.69 Å². The molecule has 0 amide bonds. The van der Waals surface area contributed by atoms with Crippen molar-refractivity contribution in [1.82, 2.24) is 20.0 Å². The van der Waals surface area contributed by atoms with Gasteiger partial charge in [-0.05, 0) is 23.8 Å². The molecule has 3 aromatic rings. The molecule has 0 atom stereocenters. The van der Waals surface area contributed by atoms with Crippen LogP contribution >= 0.6 is 11.6 Å². The zero-order valence-electron chi connectivity index (χ0n) is 10.5. The molecule has 0 unspecified atom stereocenters. The van der Waals surface area contributed by atoms with Crippen LogP contribution in [0, 0.1) is 0 Å². The van der Waals surface area contributed by atoms with Gasteiger partial charge in [-0.3, -0.25) is 4.98 Å². The Bertz CT molecular complexity index is 797. The standard InChI is InChI=1S/C13H8ClF3N4/c14-10-4-9-3-8(1-2-11(9)18-5-10)6-21-7-12(19-20-21)13(15,16)17/h1-5,7H,6H2. The van der Waals surface area contributed by atoms with Gasteiger partial charge < -0.3 is 0 Å². The number of pyridine rings is 1. The monoisotopic (exact) mass is 312 g/mol. The molecule has 2 heterocycles. The molecular formula is C13H8ClF3N4. The van der Waals surface area contributed by atoms with Gasteiger partial charge in [0.25, 0.3) is 0 Å². The van der Waals surface area contributed by atoms with Crippen LogP contribution in [0.4, 0.5) is 13.2 Å². The maximum absolute atomic E-state index is 12.5. The third-order valence-electron chi connectivity index (χ3n) is 2.89. The number of halogens is 4. The predicted octanol–water partition coefficient (Wildman–Crippen LogP) is 3.55. The fraction of sp³-hybridized carbons (Fsp3) is 0.154. The second-order valence-corrected chi connectivity index (χ2v) is 4.92. The minimum atomic E-state index is -4.49. The number of benzene rings is 1. The zero-order valence-corrected chi connectivity index (χ0v) is 11.2. The van der Waals surface area contributed by atoms with Crippen molar-refractivity contribution in [3.8, 4) is 0 Å². The number of hydrogen-bond acceptors (Lipinski definition) is 3. The molecule has 0 saturated carbocycles. The Morgan fingerprint density at radius 1 is 1.19 bits per heavy atom. The van der Waals surface area contributed by atoms with E-state index in [1.807, 2.05) is 6.07 Å². The fourth-order valence-electron chi connectivity index (χ4n) is 1.95. The van der Waals surface area contributed by atoms with Crippen LogP contribution in [0.1, 0.15) is 11.3 Å². The molecule has 8 heteroatoms. The molecule has 0 N–H and O–H groups in total. The molecule has 0 bridgehead atoms. The van der Waals surface area contributed by atoms with Crippen molar-refractivity contribution in [1.29, 1.82) is 0 Å². The molecule has 1 aromatic carbocycles. The molecule has 0 radical (unpaired) electrons. The summed E-state index contributed by atoms with van der Waals surface area (Å²) in [6.45, 7) is 0.186. The van der Waals surface area contributed by atoms with Gasteiger partial charge in [-0.1, -0.05) is 22.9 Å². The molecule has 108 valence electrons. The minimum Gasteiger partial charge on any atom is -0.255 e. The minimum absolute atomic E-state index is 0.186. The van der Waals surface area contributed by atoms with Gasteiger partial charge in [0.1, 0.15) is 0 Å². The van der Waals surface area contributed by atoms with E-state index >= 15 is 0 Å². The first-order valence-corrected chi connectivity index (χ1v) is 6.31. The summed E-state index contributed by atoms with van der Waals surface area (Å²) >= 11 is 5.87. The maximum Gasteiger partial charge on any atom is 0.436 e. The van der Waals surface area contributed by atoms with Crippen LogP contribution in [-0.4, -0.2) is 20.0 Å². The quantitative estimate of drug-likeness (QED) is 0.727. The van der Waals surface area contributed by atoms with Crippen LogP contribution < -0.4 is 0 Å². The van der Waals surface area contributed by atoms with Crippen molar-refractivity contribution < 1.29 is 13.2 Å². The lowest BCUT2D eigenvalue weighted by molar-refractivity contribution is -0.141. The highest BCUT2D eigenvalue weighted by atomic mass is 35.5. The Morgan fingerprint density at radius 2 is 2.00 bits per heavy atom. The van der Waals surface area contributed by atoms with Crippen LogP contribution in [0.15, 0.2) is 36.7 Å². The van der Waals surface area contributed by atoms with E-state index in [9.17, 15) is 13.2 Å². The lowest BCUT2D eigenvalue weighted by atomic mass is 10.1. The summed E-state index contributed by atoms with van der Waals surface area (Å²) in [7, 11) is 0. The van der Waals surface area contributed by atoms with Gasteiger partial charge in [-0.2, -0.15) is 13.2 Å². The Morgan fingerprint density at radius 3 is 2.71 bits per heavy atom. The summed E-state index contributed by atoms with van der Waals surface area (Å²) in [5.41, 5.74) is 0.538. The molecule has 0 aliphatic heterocycles. The first-order chi connectivity index (χ1) is 9.91. The lowest BCUT2D eigenvalue weighted by Gasteiger charge is -2.04. The molecule has 0 spiro atoms. The van der Waals surface area contributed by atoms with Crippen LogP contribution in [0.2, 0.25) is 5.02 Å². The summed E-state index contributed by atoms with van der Waals surface area (Å²) in [5, 5.41) is 7.91. The Kier molecular flexibility index (Phi) is 3.29. The largest absolute Gasteiger partial charge is 0.436 e. The third kappa shape index (κ3) is 2.97. The average molecular weight is 313 g/mol. The smallest absolute Gasteiger partial charge is 0.255 e. The first kappa shape index (κ1) is 13.8. The highest BCUT2D eigenvalue weighted by Gasteiger charge is 2.34. The van der Waals surface area contributed by atoms with E-state index < -0.39 is 11.9 Å². The van der Waals surface area contributed by atoms with Crippen LogP contribution in [0.3, 0.4) is 0 Å². The highest BCUT2D eigenvalue weighted by molar-refractivity contribution is 6.31. The summed E-state index contributed by atoms with van der Waals surface area (Å²) in [6.07, 6.45) is -2.07. The maximum atomic E-state index is 12.5. The number of nitrogens with zero attached hydrogens (tertiary/aromatic N) is 4. The van der Waals surface area contributed by atoms with Crippen molar-refractivity contribution >= 4 is 22.5 Å². The van der Waals surface area contributed by atoms with Crippen molar-refractivity contribution in [3.05, 3.63) is 52.9 Å². The van der Waals surface area contributed by atoms with E-state index in [0.29, 0.717) is 5.02 Å². The molecule has 0 aliphatic rings. The summed E-state index contributed by atoms with van der Waals surface area (Å²) < 4.78 is 38.5. The normalized spacial score (nSPS) is 12.0. The van der Waals surface area contributed by atoms with Crippen molar-refractivity contribution in [3.63, 3.8) is 0 Å². The van der Waals surface area contributed by atoms with Crippen LogP contribution in [0.25, 0.3) is 10.9 Å². The third-order valence-corrected chi connectivity index (χ3v) is 3.09. The number of aromatic nitrogens is 4. The molecule has 3 rings (SSSR count). The van der Waals surface area contributed by atoms with E-state index in [0.717, 1.165) is 27.3 Å². The topological polar surface area (TPSA) is 43.6 Å². The van der Waals surface area contributed by atoms with Gasteiger partial charge in [-0.25, -0.2) is 4.68 Å². The number of rotatable bonds is 2. The predicted molar refractivity (Wildman–Crippen MR) is 70.9 cm³/mol. The second-order valence-electron chi connectivity index (χ2n) is 4.48. The molecular weight excluding hydrogens is 305 g/mol. The molecule has 0 aliphatic carbocycles. The van der Waals surface area contributed by atoms with Crippen molar-refractivity contribution in [2.24, 2.45) is 0 Å². The second kappa shape index (κ2) is 5.00. The highest BCUT2D eigenvalue weighted by Crippen LogP contribution is 2.27. The van der Waals surface area contributed by atoms with Crippen LogP contribution in [-0.2, 0) is 12.7 Å². The lowest BCUT2D eigenvalue weighted by Crippen LogP contribution is -2.05. The molecule has 2 aromatic heterocycles. The first-order valence-electron chi connectivity index (χ1n) is 5.93. The van der Waals surface area contributed by atoms with E-state index in [2.05, 4.69) is 15.3 Å². The van der Waals surface area contributed by atoms with Crippen LogP contribution in [0.5, 0.6) is 0 Å². The number of alkyl halides is 3. The summed E-state index contributed by atoms with van der Waals surface area (Å²) in [4.78, 5) is 4.15. The van der Waals surface area contributed by atoms with Gasteiger partial charge in [0.05, 0.1) is 23.3 Å². The molecule has 21 heavy (non-hydrogen) atoms. The van der Waals surface area contributed by atoms with Crippen molar-refractivity contribution in [2.75, 3.05) is 0 Å². The van der Waals surface area contributed by atoms with E-state index in [4.69, 9.17) is 11.6 Å². The average Bonchev–Trinajstić information content (AvgIpc) is 2.86. The van der Waals surface area contributed by atoms with Gasteiger partial charge in [-0.15, -0.1) is 5.10 Å². The van der Waals surface area contributed by atoms with E-state index in [-0.39, 0.29) is 6.54 Å². The number of fused-ring (bicyclic) bond motifs is 1. The molecule has 0 fully saturated rings. The van der Waals surface area contributed by atoms with E-state index in [1.165, 1.54) is 6.20 Å². The Balaban J connectivity index is 1.89.